The van der Waals surface area contributed by atoms with Crippen molar-refractivity contribution in [3.8, 4) is 6.07 Å². The van der Waals surface area contributed by atoms with Gasteiger partial charge in [0, 0.05) is 0 Å². The van der Waals surface area contributed by atoms with Gasteiger partial charge in [-0.05, 0) is 80.2 Å². The zero-order valence-electron chi connectivity index (χ0n) is 24.8. The van der Waals surface area contributed by atoms with E-state index in [1.807, 2.05) is 0 Å². The highest BCUT2D eigenvalue weighted by Crippen LogP contribution is 2.47. The summed E-state index contributed by atoms with van der Waals surface area (Å²) in [4.78, 5) is 0. The van der Waals surface area contributed by atoms with Crippen LogP contribution in [0.2, 0.25) is 0 Å². The number of hydrogen-bond donors (Lipinski definition) is 0. The summed E-state index contributed by atoms with van der Waals surface area (Å²) in [7, 11) is 0. The summed E-state index contributed by atoms with van der Waals surface area (Å²) < 4.78 is 0. The van der Waals surface area contributed by atoms with E-state index in [4.69, 9.17) is 0 Å². The van der Waals surface area contributed by atoms with Crippen molar-refractivity contribution in [1.29, 1.82) is 5.26 Å². The third-order valence-electron chi connectivity index (χ3n) is 10.2. The Labute approximate surface area is 231 Å². The molecule has 0 radical (unpaired) electrons. The molecule has 0 N–H and O–H groups in total. The van der Waals surface area contributed by atoms with E-state index < -0.39 is 0 Å². The average Bonchev–Trinajstić information content (AvgIpc) is 2.95. The Morgan fingerprint density at radius 3 is 1.81 bits per heavy atom. The van der Waals surface area contributed by atoms with Gasteiger partial charge in [0.1, 0.15) is 0 Å². The van der Waals surface area contributed by atoms with Crippen LogP contribution in [-0.2, 0) is 6.42 Å². The maximum absolute atomic E-state index is 10.2. The van der Waals surface area contributed by atoms with Gasteiger partial charge in [0.2, 0.25) is 0 Å². The minimum absolute atomic E-state index is 0.0374. The van der Waals surface area contributed by atoms with E-state index in [0.717, 1.165) is 31.1 Å². The van der Waals surface area contributed by atoms with Gasteiger partial charge in [0.05, 0.1) is 11.5 Å². The lowest BCUT2D eigenvalue weighted by molar-refractivity contribution is 0.185. The Morgan fingerprint density at radius 2 is 1.22 bits per heavy atom. The number of aryl methyl sites for hydroxylation is 1. The normalized spacial score (nSPS) is 26.1. The van der Waals surface area contributed by atoms with Gasteiger partial charge in [-0.2, -0.15) is 5.26 Å². The van der Waals surface area contributed by atoms with Crippen molar-refractivity contribution in [2.45, 2.75) is 167 Å². The fraction of sp³-hybridized carbons (Fsp3) is 0.806. The molecule has 0 unspecified atom stereocenters. The molecule has 37 heavy (non-hydrogen) atoms. The fourth-order valence-electron chi connectivity index (χ4n) is 7.31. The quantitative estimate of drug-likeness (QED) is 0.193. The largest absolute Gasteiger partial charge is 0.198 e. The smallest absolute Gasteiger partial charge is 0.0689 e. The second kappa shape index (κ2) is 17.3. The highest BCUT2D eigenvalue weighted by Gasteiger charge is 2.36. The maximum Gasteiger partial charge on any atom is 0.0689 e. The molecule has 2 fully saturated rings. The number of nitriles is 1. The molecule has 1 aromatic carbocycles. The zero-order chi connectivity index (χ0) is 26.2. The molecule has 3 rings (SSSR count). The number of nitrogens with zero attached hydrogens (tertiary/aromatic N) is 1. The van der Waals surface area contributed by atoms with Gasteiger partial charge >= 0.3 is 0 Å². The molecule has 0 bridgehead atoms. The number of hydrogen-bond acceptors (Lipinski definition) is 1. The maximum atomic E-state index is 10.2. The van der Waals surface area contributed by atoms with Crippen LogP contribution in [-0.4, -0.2) is 0 Å². The molecule has 0 aromatic heterocycles. The summed E-state index contributed by atoms with van der Waals surface area (Å²) in [5.41, 5.74) is 2.98. The minimum atomic E-state index is -0.0374. The monoisotopic (exact) mass is 505 g/mol. The number of unbranched alkanes of at least 4 members (excludes halogenated alkanes) is 9. The van der Waals surface area contributed by atoms with Crippen molar-refractivity contribution >= 4 is 0 Å². The van der Waals surface area contributed by atoms with Crippen LogP contribution >= 0.6 is 0 Å². The molecule has 208 valence electrons. The van der Waals surface area contributed by atoms with E-state index in [1.54, 1.807) is 0 Å². The van der Waals surface area contributed by atoms with Gasteiger partial charge in [-0.15, -0.1) is 0 Å². The van der Waals surface area contributed by atoms with E-state index in [0.29, 0.717) is 5.92 Å². The summed E-state index contributed by atoms with van der Waals surface area (Å²) in [6, 6.07) is 12.4. The van der Waals surface area contributed by atoms with Crippen molar-refractivity contribution in [2.75, 3.05) is 0 Å². The summed E-state index contributed by atoms with van der Waals surface area (Å²) >= 11 is 0. The number of rotatable bonds is 17. The summed E-state index contributed by atoms with van der Waals surface area (Å²) in [6.07, 6.45) is 30.9. The minimum Gasteiger partial charge on any atom is -0.198 e. The molecule has 1 heteroatoms. The van der Waals surface area contributed by atoms with Gasteiger partial charge in [0.25, 0.3) is 0 Å². The van der Waals surface area contributed by atoms with Crippen LogP contribution in [0.15, 0.2) is 24.3 Å². The first kappa shape index (κ1) is 30.3. The van der Waals surface area contributed by atoms with Crippen molar-refractivity contribution in [3.63, 3.8) is 0 Å². The molecular weight excluding hydrogens is 446 g/mol. The Kier molecular flexibility index (Phi) is 14.2. The van der Waals surface area contributed by atoms with Gasteiger partial charge in [-0.3, -0.25) is 0 Å². The van der Waals surface area contributed by atoms with Crippen LogP contribution in [0.3, 0.4) is 0 Å². The first-order valence-corrected chi connectivity index (χ1v) is 16.7. The molecule has 0 saturated heterocycles. The van der Waals surface area contributed by atoms with Crippen LogP contribution in [0.4, 0.5) is 0 Å². The molecule has 0 spiro atoms. The first-order valence-electron chi connectivity index (χ1n) is 16.7. The lowest BCUT2D eigenvalue weighted by Crippen LogP contribution is -2.27. The van der Waals surface area contributed by atoms with Crippen LogP contribution in [0.1, 0.15) is 172 Å². The van der Waals surface area contributed by atoms with Crippen LogP contribution < -0.4 is 0 Å². The summed E-state index contributed by atoms with van der Waals surface area (Å²) in [6.45, 7) is 4.59. The van der Waals surface area contributed by atoms with Crippen LogP contribution in [0.25, 0.3) is 0 Å². The highest BCUT2D eigenvalue weighted by molar-refractivity contribution is 5.26. The predicted molar refractivity (Wildman–Crippen MR) is 161 cm³/mol. The molecule has 0 heterocycles. The van der Waals surface area contributed by atoms with E-state index in [2.05, 4.69) is 44.2 Å². The van der Waals surface area contributed by atoms with Crippen molar-refractivity contribution in [3.05, 3.63) is 35.4 Å². The molecule has 1 nitrogen and oxygen atoms in total. The lowest BCUT2D eigenvalue weighted by Gasteiger charge is -2.37. The molecule has 0 aliphatic heterocycles. The SMILES string of the molecule is CCCCCCCCC1CCC(CCC2(C#N)CCC(c3ccc(CCCCCCC)cc3)CC2)CC1. The second-order valence-corrected chi connectivity index (χ2v) is 13.1. The highest BCUT2D eigenvalue weighted by atomic mass is 14.4. The Bertz CT molecular complexity index is 740. The molecule has 1 aromatic rings. The van der Waals surface area contributed by atoms with Crippen molar-refractivity contribution in [2.24, 2.45) is 17.3 Å². The molecule has 2 aliphatic carbocycles. The van der Waals surface area contributed by atoms with E-state index in [1.165, 1.54) is 140 Å². The van der Waals surface area contributed by atoms with Gasteiger partial charge in [-0.25, -0.2) is 0 Å². The fourth-order valence-corrected chi connectivity index (χ4v) is 7.31. The van der Waals surface area contributed by atoms with E-state index in [-0.39, 0.29) is 5.41 Å². The first-order chi connectivity index (χ1) is 18.2. The Balaban J connectivity index is 1.32. The van der Waals surface area contributed by atoms with Gasteiger partial charge in [0.15, 0.2) is 0 Å². The second-order valence-electron chi connectivity index (χ2n) is 13.1. The Morgan fingerprint density at radius 1 is 0.676 bits per heavy atom. The summed E-state index contributed by atoms with van der Waals surface area (Å²) in [5.74, 6) is 2.55. The van der Waals surface area contributed by atoms with Gasteiger partial charge in [-0.1, -0.05) is 134 Å². The molecular formula is C36H59N. The molecule has 2 aliphatic rings. The van der Waals surface area contributed by atoms with Crippen molar-refractivity contribution in [1.82, 2.24) is 0 Å². The number of benzene rings is 1. The average molecular weight is 506 g/mol. The molecule has 2 saturated carbocycles. The van der Waals surface area contributed by atoms with Crippen LogP contribution in [0, 0.1) is 28.6 Å². The van der Waals surface area contributed by atoms with Gasteiger partial charge < -0.3 is 0 Å². The third kappa shape index (κ3) is 10.8. The molecule has 0 amide bonds. The topological polar surface area (TPSA) is 23.8 Å². The van der Waals surface area contributed by atoms with Crippen LogP contribution in [0.5, 0.6) is 0 Å². The molecule has 0 atom stereocenters. The predicted octanol–water partition coefficient (Wildman–Crippen LogP) is 11.7. The Hall–Kier alpha value is -1.29. The third-order valence-corrected chi connectivity index (χ3v) is 10.2. The standard InChI is InChI=1S/C36H59N/c1-3-5-7-9-11-13-14-31-16-18-33(19-17-31)24-27-36(30-37)28-25-35(26-29-36)34-22-20-32(21-23-34)15-12-10-8-6-4-2/h20-23,31,33,35H,3-19,24-29H2,1-2H3. The van der Waals surface area contributed by atoms with Crippen molar-refractivity contribution < 1.29 is 0 Å². The van der Waals surface area contributed by atoms with E-state index in [9.17, 15) is 5.26 Å². The summed E-state index contributed by atoms with van der Waals surface area (Å²) in [5, 5.41) is 10.2. The van der Waals surface area contributed by atoms with E-state index >= 15 is 0 Å². The lowest BCUT2D eigenvalue weighted by atomic mass is 9.66. The zero-order valence-corrected chi connectivity index (χ0v) is 24.8.